The van der Waals surface area contributed by atoms with Gasteiger partial charge in [0.15, 0.2) is 27.8 Å². The summed E-state index contributed by atoms with van der Waals surface area (Å²) in [5, 5.41) is 0. The molecule has 0 amide bonds. The van der Waals surface area contributed by atoms with Crippen LogP contribution >= 0.6 is 11.3 Å². The minimum absolute atomic E-state index is 0.0521. The zero-order valence-electron chi connectivity index (χ0n) is 26.1. The second kappa shape index (κ2) is 15.6. The number of esters is 1. The minimum atomic E-state index is -0.879. The summed E-state index contributed by atoms with van der Waals surface area (Å²) in [6.07, 6.45) is 4.81. The molecule has 0 radical (unpaired) electrons. The fraction of sp³-hybridized carbons (Fsp3) is 0.424. The third-order valence-corrected chi connectivity index (χ3v) is 8.07. The molecule has 2 heterocycles. The van der Waals surface area contributed by atoms with Gasteiger partial charge in [0.2, 0.25) is 0 Å². The van der Waals surface area contributed by atoms with Crippen molar-refractivity contribution in [2.45, 2.75) is 46.1 Å². The van der Waals surface area contributed by atoms with E-state index in [2.05, 4.69) is 6.92 Å². The van der Waals surface area contributed by atoms with Crippen LogP contribution in [0, 0.1) is 0 Å². The van der Waals surface area contributed by atoms with Crippen molar-refractivity contribution >= 4 is 23.4 Å². The normalized spacial score (nSPS) is 14.6. The third-order valence-electron chi connectivity index (χ3n) is 7.08. The van der Waals surface area contributed by atoms with Gasteiger partial charge in [0.05, 0.1) is 49.8 Å². The summed E-state index contributed by atoms with van der Waals surface area (Å²) in [4.78, 5) is 33.0. The van der Waals surface area contributed by atoms with E-state index < -0.39 is 12.0 Å². The van der Waals surface area contributed by atoms with Gasteiger partial charge in [0.25, 0.3) is 5.56 Å². The van der Waals surface area contributed by atoms with Gasteiger partial charge >= 0.3 is 5.97 Å². The van der Waals surface area contributed by atoms with Crippen molar-refractivity contribution in [3.63, 3.8) is 0 Å². The van der Waals surface area contributed by atoms with E-state index in [4.69, 9.17) is 33.4 Å². The van der Waals surface area contributed by atoms with Crippen molar-refractivity contribution in [3.8, 4) is 23.0 Å². The molecule has 0 saturated heterocycles. The molecule has 236 valence electrons. The van der Waals surface area contributed by atoms with Crippen molar-refractivity contribution in [2.24, 2.45) is 4.99 Å². The monoisotopic (exact) mass is 624 g/mol. The van der Waals surface area contributed by atoms with E-state index in [1.54, 1.807) is 39.4 Å². The number of thiazole rings is 1. The number of methoxy groups -OCH3 is 3. The average Bonchev–Trinajstić information content (AvgIpc) is 3.33. The second-order valence-electron chi connectivity index (χ2n) is 9.96. The molecule has 0 unspecified atom stereocenters. The molecule has 4 rings (SSSR count). The van der Waals surface area contributed by atoms with Gasteiger partial charge in [-0.05, 0) is 38.5 Å². The lowest BCUT2D eigenvalue weighted by molar-refractivity contribution is -0.140. The Morgan fingerprint density at radius 1 is 0.955 bits per heavy atom. The van der Waals surface area contributed by atoms with Gasteiger partial charge in [0, 0.05) is 18.2 Å². The fourth-order valence-corrected chi connectivity index (χ4v) is 6.05. The van der Waals surface area contributed by atoms with Crippen molar-refractivity contribution in [3.05, 3.63) is 78.5 Å². The molecule has 1 aliphatic heterocycles. The highest BCUT2D eigenvalue weighted by molar-refractivity contribution is 7.07. The summed E-state index contributed by atoms with van der Waals surface area (Å²) >= 11 is 1.23. The summed E-state index contributed by atoms with van der Waals surface area (Å²) < 4.78 is 35.9. The van der Waals surface area contributed by atoms with Gasteiger partial charge in [-0.1, -0.05) is 55.4 Å². The van der Waals surface area contributed by atoms with E-state index in [0.29, 0.717) is 62.4 Å². The Bertz CT molecular complexity index is 1670. The molecule has 10 nitrogen and oxygen atoms in total. The van der Waals surface area contributed by atoms with Crippen LogP contribution in [-0.2, 0) is 14.3 Å². The zero-order valence-corrected chi connectivity index (χ0v) is 27.0. The number of rotatable bonds is 15. The van der Waals surface area contributed by atoms with E-state index in [-0.39, 0.29) is 24.3 Å². The predicted molar refractivity (Wildman–Crippen MR) is 169 cm³/mol. The SMILES string of the molecule is CCCCCOc1c(/C=c2/sc3n(c2=O)[C@@H](c2cccc(OC)c2OCC)C(C(=O)OCCOC)=C(C)N=3)cccc1OC. The molecule has 0 aliphatic carbocycles. The van der Waals surface area contributed by atoms with Gasteiger partial charge in [-0.2, -0.15) is 0 Å². The first-order chi connectivity index (χ1) is 21.4. The molecule has 0 bridgehead atoms. The maximum absolute atomic E-state index is 14.3. The molecule has 1 atom stereocenters. The average molecular weight is 625 g/mol. The topological polar surface area (TPSA) is 107 Å². The number of hydrogen-bond donors (Lipinski definition) is 0. The summed E-state index contributed by atoms with van der Waals surface area (Å²) in [6, 6.07) is 10.1. The van der Waals surface area contributed by atoms with Crippen LogP contribution in [0.25, 0.3) is 6.08 Å². The standard InChI is InChI=1S/C33H40N2O8S/c1-7-9-10-17-42-29-22(13-11-15-24(29)39-5)20-26-31(36)35-28(23-14-12-16-25(40-6)30(23)41-8-2)27(21(3)34-33(35)44-26)32(37)43-19-18-38-4/h11-16,20,28H,7-10,17-19H2,1-6H3/b26-20+/t28-/m0/s1. The largest absolute Gasteiger partial charge is 0.493 e. The lowest BCUT2D eigenvalue weighted by atomic mass is 9.94. The molecule has 3 aromatic rings. The Kier molecular flexibility index (Phi) is 11.6. The van der Waals surface area contributed by atoms with Crippen molar-refractivity contribution in [1.82, 2.24) is 4.57 Å². The number of allylic oxidation sites excluding steroid dienone is 1. The van der Waals surface area contributed by atoms with Crippen molar-refractivity contribution in [1.29, 1.82) is 0 Å². The third kappa shape index (κ3) is 7.00. The van der Waals surface area contributed by atoms with Crippen LogP contribution in [0.1, 0.15) is 57.2 Å². The van der Waals surface area contributed by atoms with Gasteiger partial charge in [-0.15, -0.1) is 0 Å². The molecule has 0 spiro atoms. The number of nitrogens with zero attached hydrogens (tertiary/aromatic N) is 2. The summed E-state index contributed by atoms with van der Waals surface area (Å²) in [5.41, 5.74) is 1.63. The summed E-state index contributed by atoms with van der Waals surface area (Å²) in [7, 11) is 4.66. The van der Waals surface area contributed by atoms with Crippen LogP contribution < -0.4 is 33.8 Å². The highest BCUT2D eigenvalue weighted by Crippen LogP contribution is 2.41. The number of para-hydroxylation sites is 2. The number of ether oxygens (including phenoxy) is 6. The number of fused-ring (bicyclic) bond motifs is 1. The van der Waals surface area contributed by atoms with Gasteiger partial charge in [-0.25, -0.2) is 9.79 Å². The highest BCUT2D eigenvalue weighted by atomic mass is 32.1. The molecule has 0 N–H and O–H groups in total. The fourth-order valence-electron chi connectivity index (χ4n) is 5.01. The zero-order chi connectivity index (χ0) is 31.6. The minimum Gasteiger partial charge on any atom is -0.493 e. The van der Waals surface area contributed by atoms with Gasteiger partial charge < -0.3 is 28.4 Å². The van der Waals surface area contributed by atoms with Crippen LogP contribution in [0.5, 0.6) is 23.0 Å². The lowest BCUT2D eigenvalue weighted by Crippen LogP contribution is -2.40. The molecule has 0 fully saturated rings. The Balaban J connectivity index is 1.93. The molecule has 1 aliphatic rings. The Hall–Kier alpha value is -4.09. The molecule has 11 heteroatoms. The van der Waals surface area contributed by atoms with Crippen LogP contribution in [-0.4, -0.2) is 58.3 Å². The number of carbonyl (C=O) groups excluding carboxylic acids is 1. The molecular formula is C33H40N2O8S. The van der Waals surface area contributed by atoms with Crippen molar-refractivity contribution < 1.29 is 33.2 Å². The smallest absolute Gasteiger partial charge is 0.338 e. The molecule has 0 saturated carbocycles. The van der Waals surface area contributed by atoms with Crippen LogP contribution in [0.3, 0.4) is 0 Å². The summed E-state index contributed by atoms with van der Waals surface area (Å²) in [6.45, 7) is 6.89. The van der Waals surface area contributed by atoms with E-state index in [1.165, 1.54) is 23.0 Å². The number of unbranched alkanes of at least 4 members (excludes halogenated alkanes) is 2. The molecular weight excluding hydrogens is 584 g/mol. The quantitative estimate of drug-likeness (QED) is 0.181. The first-order valence-corrected chi connectivity index (χ1v) is 15.5. The lowest BCUT2D eigenvalue weighted by Gasteiger charge is -2.27. The van der Waals surface area contributed by atoms with Gasteiger partial charge in [0.1, 0.15) is 12.6 Å². The maximum atomic E-state index is 14.3. The van der Waals surface area contributed by atoms with Crippen molar-refractivity contribution in [2.75, 3.05) is 47.8 Å². The maximum Gasteiger partial charge on any atom is 0.338 e. The van der Waals surface area contributed by atoms with Crippen LogP contribution in [0.4, 0.5) is 0 Å². The predicted octanol–water partition coefficient (Wildman–Crippen LogP) is 4.41. The molecule has 2 aromatic carbocycles. The molecule has 44 heavy (non-hydrogen) atoms. The van der Waals surface area contributed by atoms with Crippen LogP contribution in [0.2, 0.25) is 0 Å². The summed E-state index contributed by atoms with van der Waals surface area (Å²) in [5.74, 6) is 1.47. The number of carbonyl (C=O) groups is 1. The van der Waals surface area contributed by atoms with E-state index in [9.17, 15) is 9.59 Å². The first-order valence-electron chi connectivity index (χ1n) is 14.7. The first kappa shape index (κ1) is 32.8. The van der Waals surface area contributed by atoms with E-state index >= 15 is 0 Å². The second-order valence-corrected chi connectivity index (χ2v) is 11.0. The Morgan fingerprint density at radius 2 is 1.68 bits per heavy atom. The highest BCUT2D eigenvalue weighted by Gasteiger charge is 2.36. The number of aromatic nitrogens is 1. The Labute approximate surface area is 261 Å². The molecule has 1 aromatic heterocycles. The van der Waals surface area contributed by atoms with Gasteiger partial charge in [-0.3, -0.25) is 9.36 Å². The van der Waals surface area contributed by atoms with E-state index in [1.807, 2.05) is 31.2 Å². The van der Waals surface area contributed by atoms with Crippen LogP contribution in [0.15, 0.2) is 57.5 Å². The van der Waals surface area contributed by atoms with E-state index in [0.717, 1.165) is 19.3 Å². The Morgan fingerprint density at radius 3 is 2.36 bits per heavy atom. The number of benzene rings is 2. The number of hydrogen-bond acceptors (Lipinski definition) is 10.